The molecule has 2 N–H and O–H groups in total. The number of nitrogens with two attached hydrogens (primary N) is 1. The monoisotopic (exact) mass is 383 g/mol. The number of anilines is 1. The van der Waals surface area contributed by atoms with Gasteiger partial charge in [0.05, 0.1) is 0 Å². The highest BCUT2D eigenvalue weighted by atomic mass is 79.9. The number of hydrogen-bond donors (Lipinski definition) is 1. The fourth-order valence-electron chi connectivity index (χ4n) is 1.83. The SMILES string of the molecule is Cc1cc(OCc2ccc(N)cc2Br)cc(C)c1Br. The number of halogens is 2. The van der Waals surface area contributed by atoms with E-state index in [1.165, 1.54) is 11.1 Å². The Balaban J connectivity index is 2.14. The number of ether oxygens (including phenoxy) is 1. The third-order valence-electron chi connectivity index (χ3n) is 2.88. The van der Waals surface area contributed by atoms with E-state index in [4.69, 9.17) is 10.5 Å². The van der Waals surface area contributed by atoms with Crippen LogP contribution in [0, 0.1) is 13.8 Å². The molecule has 0 aliphatic rings. The van der Waals surface area contributed by atoms with Gasteiger partial charge in [-0.2, -0.15) is 0 Å². The highest BCUT2D eigenvalue weighted by molar-refractivity contribution is 9.10. The molecule has 0 aromatic heterocycles. The summed E-state index contributed by atoms with van der Waals surface area (Å²) in [5, 5.41) is 0. The van der Waals surface area contributed by atoms with Gasteiger partial charge < -0.3 is 10.5 Å². The van der Waals surface area contributed by atoms with Gasteiger partial charge in [0.1, 0.15) is 12.4 Å². The van der Waals surface area contributed by atoms with Crippen molar-refractivity contribution in [3.63, 3.8) is 0 Å². The molecule has 2 nitrogen and oxygen atoms in total. The molecule has 0 saturated carbocycles. The molecule has 0 radical (unpaired) electrons. The molecule has 0 heterocycles. The van der Waals surface area contributed by atoms with Crippen molar-refractivity contribution in [2.24, 2.45) is 0 Å². The molecule has 0 amide bonds. The average molecular weight is 385 g/mol. The average Bonchev–Trinajstić information content (AvgIpc) is 2.34. The number of aryl methyl sites for hydroxylation is 2. The van der Waals surface area contributed by atoms with Crippen molar-refractivity contribution in [2.45, 2.75) is 20.5 Å². The van der Waals surface area contributed by atoms with Crippen molar-refractivity contribution in [1.82, 2.24) is 0 Å². The smallest absolute Gasteiger partial charge is 0.120 e. The second kappa shape index (κ2) is 5.97. The summed E-state index contributed by atoms with van der Waals surface area (Å²) in [5.41, 5.74) is 9.88. The highest BCUT2D eigenvalue weighted by Gasteiger charge is 2.05. The summed E-state index contributed by atoms with van der Waals surface area (Å²) in [7, 11) is 0. The Morgan fingerprint density at radius 1 is 1.05 bits per heavy atom. The minimum Gasteiger partial charge on any atom is -0.489 e. The summed E-state index contributed by atoms with van der Waals surface area (Å²) in [5.74, 6) is 0.877. The maximum absolute atomic E-state index is 5.84. The quantitative estimate of drug-likeness (QED) is 0.756. The topological polar surface area (TPSA) is 35.2 Å². The van der Waals surface area contributed by atoms with Crippen LogP contribution in [0.2, 0.25) is 0 Å². The highest BCUT2D eigenvalue weighted by Crippen LogP contribution is 2.27. The Bertz CT molecular complexity index is 588. The van der Waals surface area contributed by atoms with Crippen LogP contribution in [0.1, 0.15) is 16.7 Å². The van der Waals surface area contributed by atoms with Gasteiger partial charge in [-0.3, -0.25) is 0 Å². The van der Waals surface area contributed by atoms with E-state index in [-0.39, 0.29) is 0 Å². The van der Waals surface area contributed by atoms with Gasteiger partial charge in [0, 0.05) is 20.2 Å². The van der Waals surface area contributed by atoms with E-state index in [1.54, 1.807) is 0 Å². The molecule has 0 fully saturated rings. The molecular weight excluding hydrogens is 370 g/mol. The summed E-state index contributed by atoms with van der Waals surface area (Å²) >= 11 is 7.05. The van der Waals surface area contributed by atoms with Crippen molar-refractivity contribution in [3.05, 3.63) is 56.0 Å². The second-order valence-electron chi connectivity index (χ2n) is 4.51. The van der Waals surface area contributed by atoms with Gasteiger partial charge >= 0.3 is 0 Å². The van der Waals surface area contributed by atoms with E-state index in [1.807, 2.05) is 30.3 Å². The van der Waals surface area contributed by atoms with Crippen molar-refractivity contribution >= 4 is 37.5 Å². The van der Waals surface area contributed by atoms with Crippen LogP contribution in [-0.4, -0.2) is 0 Å². The van der Waals surface area contributed by atoms with E-state index in [9.17, 15) is 0 Å². The first-order valence-corrected chi connectivity index (χ1v) is 7.49. The Kier molecular flexibility index (Phi) is 4.53. The molecule has 4 heteroatoms. The summed E-state index contributed by atoms with van der Waals surface area (Å²) in [6.07, 6.45) is 0. The number of hydrogen-bond acceptors (Lipinski definition) is 2. The molecule has 0 spiro atoms. The predicted octanol–water partition coefficient (Wildman–Crippen LogP) is 4.99. The summed E-state index contributed by atoms with van der Waals surface area (Å²) in [6, 6.07) is 9.79. The molecule has 0 aliphatic carbocycles. The molecule has 2 aromatic carbocycles. The van der Waals surface area contributed by atoms with E-state index >= 15 is 0 Å². The fourth-order valence-corrected chi connectivity index (χ4v) is 2.57. The number of nitrogen functional groups attached to an aromatic ring is 1. The van der Waals surface area contributed by atoms with Crippen LogP contribution >= 0.6 is 31.9 Å². The largest absolute Gasteiger partial charge is 0.489 e. The molecule has 2 aromatic rings. The third-order valence-corrected chi connectivity index (χ3v) is 4.87. The molecular formula is C15H15Br2NO. The first-order chi connectivity index (χ1) is 8.97. The molecule has 0 aliphatic heterocycles. The van der Waals surface area contributed by atoms with Crippen LogP contribution in [0.4, 0.5) is 5.69 Å². The van der Waals surface area contributed by atoms with Gasteiger partial charge in [-0.25, -0.2) is 0 Å². The van der Waals surface area contributed by atoms with Crippen molar-refractivity contribution in [2.75, 3.05) is 5.73 Å². The Labute approximate surface area is 130 Å². The van der Waals surface area contributed by atoms with Crippen LogP contribution in [0.3, 0.4) is 0 Å². The van der Waals surface area contributed by atoms with Crippen LogP contribution in [0.5, 0.6) is 5.75 Å². The second-order valence-corrected chi connectivity index (χ2v) is 6.16. The number of benzene rings is 2. The summed E-state index contributed by atoms with van der Waals surface area (Å²) in [4.78, 5) is 0. The van der Waals surface area contributed by atoms with Crippen molar-refractivity contribution in [3.8, 4) is 5.75 Å². The first kappa shape index (κ1) is 14.4. The van der Waals surface area contributed by atoms with E-state index < -0.39 is 0 Å². The maximum atomic E-state index is 5.84. The lowest BCUT2D eigenvalue weighted by molar-refractivity contribution is 0.305. The third kappa shape index (κ3) is 3.51. The van der Waals surface area contributed by atoms with Gasteiger partial charge in [-0.15, -0.1) is 0 Å². The van der Waals surface area contributed by atoms with Gasteiger partial charge in [0.2, 0.25) is 0 Å². The van der Waals surface area contributed by atoms with Gasteiger partial charge in [0.25, 0.3) is 0 Å². The zero-order valence-electron chi connectivity index (χ0n) is 10.8. The maximum Gasteiger partial charge on any atom is 0.120 e. The summed E-state index contributed by atoms with van der Waals surface area (Å²) < 4.78 is 7.94. The predicted molar refractivity (Wildman–Crippen MR) is 86.5 cm³/mol. The Morgan fingerprint density at radius 3 is 2.26 bits per heavy atom. The van der Waals surface area contributed by atoms with E-state index in [2.05, 4.69) is 45.7 Å². The lowest BCUT2D eigenvalue weighted by atomic mass is 10.1. The molecule has 2 rings (SSSR count). The van der Waals surface area contributed by atoms with E-state index in [0.29, 0.717) is 6.61 Å². The minimum absolute atomic E-state index is 0.515. The normalized spacial score (nSPS) is 10.5. The first-order valence-electron chi connectivity index (χ1n) is 5.91. The van der Waals surface area contributed by atoms with Crippen molar-refractivity contribution < 1.29 is 4.74 Å². The van der Waals surface area contributed by atoms with Gasteiger partial charge in [-0.05, 0) is 49.2 Å². The molecule has 19 heavy (non-hydrogen) atoms. The lowest BCUT2D eigenvalue weighted by Gasteiger charge is -2.11. The zero-order valence-corrected chi connectivity index (χ0v) is 14.0. The zero-order chi connectivity index (χ0) is 14.0. The molecule has 0 atom stereocenters. The molecule has 0 unspecified atom stereocenters. The minimum atomic E-state index is 0.515. The lowest BCUT2D eigenvalue weighted by Crippen LogP contribution is -1.98. The molecule has 0 saturated heterocycles. The Hall–Kier alpha value is -1.000. The summed E-state index contributed by atoms with van der Waals surface area (Å²) in [6.45, 7) is 4.63. The van der Waals surface area contributed by atoms with Crippen molar-refractivity contribution in [1.29, 1.82) is 0 Å². The van der Waals surface area contributed by atoms with Gasteiger partial charge in [-0.1, -0.05) is 37.9 Å². The number of rotatable bonds is 3. The van der Waals surface area contributed by atoms with E-state index in [0.717, 1.165) is 25.9 Å². The fraction of sp³-hybridized carbons (Fsp3) is 0.200. The van der Waals surface area contributed by atoms with Crippen LogP contribution in [0.25, 0.3) is 0 Å². The molecule has 0 bridgehead atoms. The van der Waals surface area contributed by atoms with Crippen LogP contribution in [-0.2, 0) is 6.61 Å². The van der Waals surface area contributed by atoms with Crippen LogP contribution in [0.15, 0.2) is 39.3 Å². The standard InChI is InChI=1S/C15H15Br2NO/c1-9-5-13(6-10(2)15(9)17)19-8-11-3-4-12(18)7-14(11)16/h3-7H,8,18H2,1-2H3. The molecule has 100 valence electrons. The van der Waals surface area contributed by atoms with Crippen LogP contribution < -0.4 is 10.5 Å². The van der Waals surface area contributed by atoms with Gasteiger partial charge in [0.15, 0.2) is 0 Å². The Morgan fingerprint density at radius 2 is 1.68 bits per heavy atom.